The summed E-state index contributed by atoms with van der Waals surface area (Å²) in [7, 11) is 6.06. The van der Waals surface area contributed by atoms with Crippen LogP contribution in [0.15, 0.2) is 377 Å². The van der Waals surface area contributed by atoms with Crippen LogP contribution in [0.2, 0.25) is 0 Å². The molecule has 18 heteroatoms. The van der Waals surface area contributed by atoms with E-state index >= 15 is 0 Å². The van der Waals surface area contributed by atoms with Gasteiger partial charge in [0.1, 0.15) is 0 Å². The second kappa shape index (κ2) is 39.0. The van der Waals surface area contributed by atoms with E-state index in [1.807, 2.05) is 130 Å². The summed E-state index contributed by atoms with van der Waals surface area (Å²) in [5.74, 6) is 0.740. The van der Waals surface area contributed by atoms with Crippen LogP contribution in [0.1, 0.15) is 61.8 Å². The molecule has 15 aromatic carbocycles. The zero-order valence-electron chi connectivity index (χ0n) is 76.8. The summed E-state index contributed by atoms with van der Waals surface area (Å²) in [6.45, 7) is 19.6. The molecule has 0 bridgehead atoms. The van der Waals surface area contributed by atoms with Crippen molar-refractivity contribution in [3.05, 3.63) is 456 Å². The number of aromatic nitrogens is 6. The Bertz CT molecular complexity index is 8110. The van der Waals surface area contributed by atoms with Gasteiger partial charge in [0.15, 0.2) is 0 Å². The van der Waals surface area contributed by atoms with Gasteiger partial charge in [0.2, 0.25) is 0 Å². The summed E-state index contributed by atoms with van der Waals surface area (Å²) >= 11 is 0. The largest absolute Gasteiger partial charge is 0.510 e. The maximum atomic E-state index is 5.18. The first-order valence-corrected chi connectivity index (χ1v) is 45.4. The molecule has 0 unspecified atom stereocenters. The SMILES string of the molecule is CC(C)c1cccc(C(C)C)c1-c1cnc2c3[c-]c(N(c4[c-]c(N5C=CN(C)[CH-]5)ccc4)c4ccccc4)ccc3c3ccccc3n12.CN1C=CN(c2[c-]c(N(c3[c-]c4c(cc3)c3ccccc3n3c(-c5ccccc5)cnc43)c3ccccc3)ccc2)[CH-]1.Cc1cccc(C)c1-c1cnc2c3[c-]c(N(c4[c-]c(N5C=CN(C)[CH-]5)ccc4)c4ccccc4)ccc3c3ccccc3n12.[Pt].[Pt].[Pt]. The smallest absolute Gasteiger partial charge is 0.0639 e. The van der Waals surface area contributed by atoms with Gasteiger partial charge >= 0.3 is 0 Å². The number of aryl methyl sites for hydroxylation is 2. The van der Waals surface area contributed by atoms with E-state index in [9.17, 15) is 0 Å². The Morgan fingerprint density at radius 2 is 0.562 bits per heavy atom. The first kappa shape index (κ1) is 91.5. The van der Waals surface area contributed by atoms with E-state index in [4.69, 9.17) is 15.0 Å². The molecule has 3 aliphatic rings. The molecule has 6 aromatic heterocycles. The van der Waals surface area contributed by atoms with E-state index in [1.165, 1.54) is 49.5 Å². The Morgan fingerprint density at radius 3 is 0.898 bits per heavy atom. The predicted octanol–water partition coefficient (Wildman–Crippen LogP) is 29.0. The minimum Gasteiger partial charge on any atom is -0.510 e. The Balaban J connectivity index is 0.000000130. The van der Waals surface area contributed by atoms with Gasteiger partial charge in [-0.3, -0.25) is 15.0 Å². The third-order valence-electron chi connectivity index (χ3n) is 25.4. The molecule has 0 saturated heterocycles. The van der Waals surface area contributed by atoms with Gasteiger partial charge in [-0.25, -0.2) is 0 Å². The Kier molecular flexibility index (Phi) is 26.1. The van der Waals surface area contributed by atoms with E-state index in [0.717, 1.165) is 157 Å². The average Bonchev–Trinajstić information content (AvgIpc) is 1.59. The fraction of sp³-hybridized carbons (Fsp3) is 0.0924. The standard InChI is InChI=1S/C43H38N5.C39H30N5.C37H26N5.3Pt/c1-29(2)35-18-12-19-36(30(3)4)42(35)41-27-44-43-39-26-34(21-22-37(39)38-17-9-10-20-40(38)48(41)43)47(31-13-7-6-8-14-31)33-16-11-15-32(25-33)46-24-23-45(5)28-46;1-27-11-9-12-28(2)38(27)37-25-40-39-35-24-32(19-20-33(35)34-17-7-8-18-36(34)44(37)39)43(29-13-5-4-6-14-29)31-16-10-15-30(23-31)42-22-21-41(3)26-42;1-39-21-22-40(26-39)29-15-10-16-30(23-29)41(28-13-6-3-7-14-28)31-19-20-32-33-17-8-9-18-35(33)42-36(27-11-4-2-5-12-27)25-38-37(42)34(32)24-31;;;/h6-24,27-30H,1-5H3;4-22,25-26H,1-3H3;2-22,25-26H,1H3;;;/q3*-3;;;. The molecular formula is C119H94N15Pt3-9. The van der Waals surface area contributed by atoms with E-state index in [-0.39, 0.29) is 63.2 Å². The summed E-state index contributed by atoms with van der Waals surface area (Å²) in [6.07, 6.45) is 18.3. The molecular weight excluding hydrogens is 2220 g/mol. The van der Waals surface area contributed by atoms with Crippen LogP contribution in [0.25, 0.3) is 116 Å². The van der Waals surface area contributed by atoms with Gasteiger partial charge in [0.05, 0.1) is 34.0 Å². The van der Waals surface area contributed by atoms with Gasteiger partial charge < -0.3 is 57.3 Å². The molecule has 684 valence electrons. The van der Waals surface area contributed by atoms with E-state index in [0.29, 0.717) is 11.8 Å². The summed E-state index contributed by atoms with van der Waals surface area (Å²) < 4.78 is 6.93. The molecule has 15 nitrogen and oxygen atoms in total. The van der Waals surface area contributed by atoms with Crippen LogP contribution in [0.4, 0.5) is 68.2 Å². The van der Waals surface area contributed by atoms with E-state index in [2.05, 4.69) is 424 Å². The number of benzene rings is 15. The van der Waals surface area contributed by atoms with Crippen LogP contribution in [0, 0.1) is 70.3 Å². The average molecular weight is 2320 g/mol. The fourth-order valence-electron chi connectivity index (χ4n) is 19.2. The second-order valence-electron chi connectivity index (χ2n) is 34.8. The van der Waals surface area contributed by atoms with Crippen molar-refractivity contribution in [3.63, 3.8) is 0 Å². The number of para-hydroxylation sites is 6. The molecule has 9 heterocycles. The molecule has 0 atom stereocenters. The number of pyridine rings is 3. The summed E-state index contributed by atoms with van der Waals surface area (Å²) in [4.78, 5) is 34.2. The van der Waals surface area contributed by atoms with Crippen molar-refractivity contribution in [1.82, 2.24) is 42.9 Å². The molecule has 21 aromatic rings. The van der Waals surface area contributed by atoms with Gasteiger partial charge in [-0.15, -0.1) is 126 Å². The van der Waals surface area contributed by atoms with Crippen molar-refractivity contribution in [3.8, 4) is 33.8 Å². The van der Waals surface area contributed by atoms with Crippen LogP contribution >= 0.6 is 0 Å². The van der Waals surface area contributed by atoms with Crippen LogP contribution in [0.3, 0.4) is 0 Å². The predicted molar refractivity (Wildman–Crippen MR) is 553 cm³/mol. The zero-order chi connectivity index (χ0) is 90.8. The van der Waals surface area contributed by atoms with Gasteiger partial charge in [-0.05, 0) is 200 Å². The molecule has 0 amide bonds. The Hall–Kier alpha value is -14.6. The number of nitrogens with zero attached hydrogens (tertiary/aromatic N) is 15. The molecule has 0 radical (unpaired) electrons. The molecule has 3 aliphatic heterocycles. The fourth-order valence-corrected chi connectivity index (χ4v) is 19.2. The summed E-state index contributed by atoms with van der Waals surface area (Å²) in [6, 6.07) is 135. The van der Waals surface area contributed by atoms with Crippen molar-refractivity contribution in [2.24, 2.45) is 0 Å². The number of hydrogen-bond acceptors (Lipinski definition) is 12. The topological polar surface area (TPSA) is 81.1 Å². The minimum absolute atomic E-state index is 0. The maximum absolute atomic E-state index is 5.18. The number of rotatable bonds is 17. The van der Waals surface area contributed by atoms with Crippen LogP contribution in [0.5, 0.6) is 0 Å². The van der Waals surface area contributed by atoms with Crippen LogP contribution < -0.4 is 29.4 Å². The molecule has 137 heavy (non-hydrogen) atoms. The van der Waals surface area contributed by atoms with Gasteiger partial charge in [0.25, 0.3) is 0 Å². The monoisotopic (exact) mass is 2320 g/mol. The molecule has 24 rings (SSSR count). The summed E-state index contributed by atoms with van der Waals surface area (Å²) in [5, 5.41) is 9.83. The molecule has 0 aliphatic carbocycles. The van der Waals surface area contributed by atoms with E-state index in [1.54, 1.807) is 0 Å². The van der Waals surface area contributed by atoms with Crippen molar-refractivity contribution in [1.29, 1.82) is 0 Å². The second-order valence-corrected chi connectivity index (χ2v) is 34.8. The quantitative estimate of drug-likeness (QED) is 0.0643. The molecule has 0 fully saturated rings. The Morgan fingerprint density at radius 1 is 0.270 bits per heavy atom. The first-order valence-electron chi connectivity index (χ1n) is 45.4. The van der Waals surface area contributed by atoms with Crippen LogP contribution in [-0.2, 0) is 63.2 Å². The number of fused-ring (bicyclic) bond motifs is 18. The van der Waals surface area contributed by atoms with Crippen LogP contribution in [-0.4, -0.2) is 64.0 Å². The minimum atomic E-state index is 0. The van der Waals surface area contributed by atoms with Crippen molar-refractivity contribution < 1.29 is 63.2 Å². The molecule has 0 N–H and O–H groups in total. The Labute approximate surface area is 842 Å². The molecule has 0 spiro atoms. The maximum Gasteiger partial charge on any atom is 0.0639 e. The van der Waals surface area contributed by atoms with Crippen molar-refractivity contribution >= 4 is 150 Å². The molecule has 0 saturated carbocycles. The van der Waals surface area contributed by atoms with E-state index < -0.39 is 0 Å². The number of hydrogen-bond donors (Lipinski definition) is 0. The van der Waals surface area contributed by atoms with Crippen molar-refractivity contribution in [2.75, 3.05) is 50.5 Å². The third kappa shape index (κ3) is 17.2. The summed E-state index contributed by atoms with van der Waals surface area (Å²) in [5.41, 5.74) is 29.7. The van der Waals surface area contributed by atoms with Gasteiger partial charge in [0, 0.05) is 127 Å². The third-order valence-corrected chi connectivity index (χ3v) is 25.4. The first-order chi connectivity index (χ1) is 65.7. The van der Waals surface area contributed by atoms with Crippen molar-refractivity contribution in [2.45, 2.75) is 53.4 Å². The number of anilines is 12. The van der Waals surface area contributed by atoms with Gasteiger partial charge in [-0.2, -0.15) is 38.2 Å². The zero-order valence-corrected chi connectivity index (χ0v) is 83.7. The normalized spacial score (nSPS) is 12.8. The van der Waals surface area contributed by atoms with Gasteiger partial charge in [-0.1, -0.05) is 253 Å². The number of imidazole rings is 3.